The van der Waals surface area contributed by atoms with Crippen LogP contribution in [0.15, 0.2) is 17.5 Å². The molecule has 1 aromatic rings. The average molecular weight is 278 g/mol. The third-order valence-corrected chi connectivity index (χ3v) is 4.25. The van der Waals surface area contributed by atoms with E-state index in [1.165, 1.54) is 0 Å². The van der Waals surface area contributed by atoms with Crippen LogP contribution in [0.1, 0.15) is 17.8 Å². The zero-order valence-electron chi connectivity index (χ0n) is 10.9. The fraction of sp³-hybridized carbons (Fsp3) is 0.538. The number of rotatable bonds is 4. The molecule has 1 fully saturated rings. The lowest BCUT2D eigenvalue weighted by molar-refractivity contribution is -0.123. The van der Waals surface area contributed by atoms with Gasteiger partial charge in [-0.25, -0.2) is 0 Å². The van der Waals surface area contributed by atoms with E-state index in [-0.39, 0.29) is 24.5 Å². The summed E-state index contributed by atoms with van der Waals surface area (Å²) in [5.41, 5.74) is 0. The van der Waals surface area contributed by atoms with Gasteiger partial charge in [0.1, 0.15) is 6.04 Å². The van der Waals surface area contributed by atoms with Crippen LogP contribution in [0.3, 0.4) is 0 Å². The Balaban J connectivity index is 1.85. The van der Waals surface area contributed by atoms with Crippen LogP contribution in [0.2, 0.25) is 0 Å². The predicted molar refractivity (Wildman–Crippen MR) is 74.7 cm³/mol. The number of piperazine rings is 1. The van der Waals surface area contributed by atoms with Gasteiger partial charge in [-0.1, -0.05) is 6.07 Å². The fourth-order valence-electron chi connectivity index (χ4n) is 2.14. The minimum absolute atomic E-state index is 0.0240. The molecule has 1 aromatic heterocycles. The molecule has 102 valence electrons. The average Bonchev–Trinajstić information content (AvgIpc) is 2.93. The first-order valence-electron chi connectivity index (χ1n) is 6.38. The maximum Gasteiger partial charge on any atom is 0.234 e. The lowest BCUT2D eigenvalue weighted by Gasteiger charge is -2.31. The molecule has 2 rings (SSSR count). The molecule has 1 saturated heterocycles. The largest absolute Gasteiger partial charge is 0.348 e. The Labute approximate surface area is 117 Å². The number of nitriles is 1. The molecular formula is C13H18N4OS. The molecule has 0 saturated carbocycles. The Morgan fingerprint density at radius 3 is 3.32 bits per heavy atom. The summed E-state index contributed by atoms with van der Waals surface area (Å²) in [4.78, 5) is 15.1. The van der Waals surface area contributed by atoms with Crippen LogP contribution in [0.5, 0.6) is 0 Å². The molecule has 2 heterocycles. The van der Waals surface area contributed by atoms with E-state index in [0.717, 1.165) is 18.0 Å². The number of carbonyl (C=O) groups is 1. The number of nitrogens with one attached hydrogen (secondary N) is 2. The van der Waals surface area contributed by atoms with Crippen LogP contribution in [-0.2, 0) is 4.79 Å². The molecule has 5 nitrogen and oxygen atoms in total. The van der Waals surface area contributed by atoms with E-state index >= 15 is 0 Å². The van der Waals surface area contributed by atoms with Crippen LogP contribution in [-0.4, -0.2) is 43.0 Å². The van der Waals surface area contributed by atoms with Crippen LogP contribution in [0.4, 0.5) is 0 Å². The second-order valence-electron chi connectivity index (χ2n) is 4.62. The fourth-order valence-corrected chi connectivity index (χ4v) is 2.88. The lowest BCUT2D eigenvalue weighted by Crippen LogP contribution is -2.53. The Bertz CT molecular complexity index is 454. The Hall–Kier alpha value is -1.42. The number of nitrogens with zero attached hydrogens (tertiary/aromatic N) is 2. The summed E-state index contributed by atoms with van der Waals surface area (Å²) in [6, 6.07) is 6.03. The van der Waals surface area contributed by atoms with Gasteiger partial charge in [0.2, 0.25) is 5.91 Å². The highest BCUT2D eigenvalue weighted by Gasteiger charge is 2.24. The van der Waals surface area contributed by atoms with Crippen LogP contribution in [0, 0.1) is 11.3 Å². The van der Waals surface area contributed by atoms with Gasteiger partial charge in [0.05, 0.1) is 18.7 Å². The highest BCUT2D eigenvalue weighted by Crippen LogP contribution is 2.17. The maximum atomic E-state index is 12.0. The van der Waals surface area contributed by atoms with Crippen molar-refractivity contribution in [3.8, 4) is 6.07 Å². The van der Waals surface area contributed by atoms with Gasteiger partial charge in [-0.3, -0.25) is 9.69 Å². The molecule has 1 aliphatic heterocycles. The molecule has 2 N–H and O–H groups in total. The standard InChI is InChI=1S/C13H18N4OS/c1-10(12-3-2-6-19-12)16-13(18)9-17-5-4-15-8-11(17)7-14/h2-3,6,10-11,15H,4-5,8-9H2,1H3,(H,16,18). The van der Waals surface area contributed by atoms with Crippen LogP contribution < -0.4 is 10.6 Å². The summed E-state index contributed by atoms with van der Waals surface area (Å²) >= 11 is 1.63. The quantitative estimate of drug-likeness (QED) is 0.851. The van der Waals surface area contributed by atoms with Crippen molar-refractivity contribution in [1.82, 2.24) is 15.5 Å². The molecule has 0 radical (unpaired) electrons. The molecule has 0 aliphatic carbocycles. The smallest absolute Gasteiger partial charge is 0.234 e. The zero-order valence-corrected chi connectivity index (χ0v) is 11.7. The van der Waals surface area contributed by atoms with E-state index in [4.69, 9.17) is 5.26 Å². The summed E-state index contributed by atoms with van der Waals surface area (Å²) in [5, 5.41) is 17.2. The minimum Gasteiger partial charge on any atom is -0.348 e. The molecule has 0 spiro atoms. The Morgan fingerprint density at radius 2 is 2.63 bits per heavy atom. The minimum atomic E-state index is -0.212. The van der Waals surface area contributed by atoms with Crippen molar-refractivity contribution < 1.29 is 4.79 Å². The zero-order chi connectivity index (χ0) is 13.7. The molecule has 2 unspecified atom stereocenters. The molecule has 0 aromatic carbocycles. The normalized spacial score (nSPS) is 21.6. The van der Waals surface area contributed by atoms with Crippen molar-refractivity contribution in [2.45, 2.75) is 19.0 Å². The van der Waals surface area contributed by atoms with Crippen molar-refractivity contribution in [1.29, 1.82) is 5.26 Å². The van der Waals surface area contributed by atoms with Crippen molar-refractivity contribution in [2.75, 3.05) is 26.2 Å². The van der Waals surface area contributed by atoms with Gasteiger partial charge in [-0.15, -0.1) is 11.3 Å². The highest BCUT2D eigenvalue weighted by atomic mass is 32.1. The summed E-state index contributed by atoms with van der Waals surface area (Å²) < 4.78 is 0. The van der Waals surface area contributed by atoms with E-state index in [1.54, 1.807) is 11.3 Å². The molecule has 6 heteroatoms. The van der Waals surface area contributed by atoms with Crippen molar-refractivity contribution in [2.24, 2.45) is 0 Å². The van der Waals surface area contributed by atoms with Crippen LogP contribution in [0.25, 0.3) is 0 Å². The van der Waals surface area contributed by atoms with Gasteiger partial charge in [-0.2, -0.15) is 5.26 Å². The van der Waals surface area contributed by atoms with E-state index in [2.05, 4.69) is 16.7 Å². The van der Waals surface area contributed by atoms with Crippen molar-refractivity contribution >= 4 is 17.2 Å². The molecule has 0 bridgehead atoms. The number of thiophene rings is 1. The second kappa shape index (κ2) is 6.66. The molecule has 1 aliphatic rings. The second-order valence-corrected chi connectivity index (χ2v) is 5.60. The third kappa shape index (κ3) is 3.77. The summed E-state index contributed by atoms with van der Waals surface area (Å²) in [6.45, 7) is 4.45. The van der Waals surface area contributed by atoms with E-state index in [9.17, 15) is 4.79 Å². The first-order valence-corrected chi connectivity index (χ1v) is 7.26. The molecule has 2 atom stereocenters. The molecular weight excluding hydrogens is 260 g/mol. The number of hydrogen-bond acceptors (Lipinski definition) is 5. The van der Waals surface area contributed by atoms with E-state index < -0.39 is 0 Å². The third-order valence-electron chi connectivity index (χ3n) is 3.20. The first-order chi connectivity index (χ1) is 9.20. The van der Waals surface area contributed by atoms with Gasteiger partial charge in [0.25, 0.3) is 0 Å². The first kappa shape index (κ1) is 14.0. The predicted octanol–water partition coefficient (Wildman–Crippen LogP) is 0.723. The number of carbonyl (C=O) groups excluding carboxylic acids is 1. The van der Waals surface area contributed by atoms with Crippen molar-refractivity contribution in [3.63, 3.8) is 0 Å². The van der Waals surface area contributed by atoms with Crippen LogP contribution >= 0.6 is 11.3 Å². The molecule has 19 heavy (non-hydrogen) atoms. The summed E-state index contributed by atoms with van der Waals surface area (Å²) in [7, 11) is 0. The van der Waals surface area contributed by atoms with Gasteiger partial charge < -0.3 is 10.6 Å². The monoisotopic (exact) mass is 278 g/mol. The lowest BCUT2D eigenvalue weighted by atomic mass is 10.2. The van der Waals surface area contributed by atoms with Gasteiger partial charge in [0.15, 0.2) is 0 Å². The van der Waals surface area contributed by atoms with E-state index in [0.29, 0.717) is 6.54 Å². The Morgan fingerprint density at radius 1 is 1.79 bits per heavy atom. The molecule has 1 amide bonds. The van der Waals surface area contributed by atoms with Gasteiger partial charge in [0, 0.05) is 24.5 Å². The summed E-state index contributed by atoms with van der Waals surface area (Å²) in [6.07, 6.45) is 0. The van der Waals surface area contributed by atoms with Gasteiger partial charge in [-0.05, 0) is 18.4 Å². The summed E-state index contributed by atoms with van der Waals surface area (Å²) in [5.74, 6) is -0.0250. The maximum absolute atomic E-state index is 12.0. The van der Waals surface area contributed by atoms with E-state index in [1.807, 2.05) is 29.3 Å². The number of hydrogen-bond donors (Lipinski definition) is 2. The topological polar surface area (TPSA) is 68.2 Å². The highest BCUT2D eigenvalue weighted by molar-refractivity contribution is 7.10. The SMILES string of the molecule is CC(NC(=O)CN1CCNCC1C#N)c1cccs1. The van der Waals surface area contributed by atoms with Gasteiger partial charge >= 0.3 is 0 Å². The Kier molecular flexibility index (Phi) is 4.91. The number of amides is 1. The van der Waals surface area contributed by atoms with Crippen molar-refractivity contribution in [3.05, 3.63) is 22.4 Å².